The van der Waals surface area contributed by atoms with Gasteiger partial charge in [0.2, 0.25) is 33.6 Å². The smallest absolute Gasteiger partial charge is 0.352 e. The third-order valence-electron chi connectivity index (χ3n) is 27.2. The number of aliphatic carboxylic acids is 6. The van der Waals surface area contributed by atoms with Crippen molar-refractivity contribution in [2.24, 2.45) is 65.0 Å². The summed E-state index contributed by atoms with van der Waals surface area (Å²) < 4.78 is 44.9. The lowest BCUT2D eigenvalue weighted by Crippen LogP contribution is -2.46. The van der Waals surface area contributed by atoms with Crippen molar-refractivity contribution in [1.29, 1.82) is 0 Å². The quantitative estimate of drug-likeness (QED) is 0.0199. The summed E-state index contributed by atoms with van der Waals surface area (Å²) in [5.41, 5.74) is -12.5. The molecule has 10 aromatic rings. The lowest BCUT2D eigenvalue weighted by molar-refractivity contribution is -0.158. The summed E-state index contributed by atoms with van der Waals surface area (Å²) >= 11 is 0. The molecule has 816 valence electrons. The molecule has 150 heavy (non-hydrogen) atoms. The fourth-order valence-electron chi connectivity index (χ4n) is 21.1. The minimum atomic E-state index is -2.71. The monoisotopic (exact) mass is 2050 g/mol. The van der Waals surface area contributed by atoms with Crippen LogP contribution in [-0.2, 0) is 139 Å². The first-order chi connectivity index (χ1) is 67.8. The van der Waals surface area contributed by atoms with Crippen molar-refractivity contribution in [3.05, 3.63) is 246 Å². The van der Waals surface area contributed by atoms with Crippen LogP contribution in [0.3, 0.4) is 0 Å². The number of hydrogen-bond donors (Lipinski definition) is 6. The fraction of sp³-hybridized carbons (Fsp3) is 0.545. The second-order valence-corrected chi connectivity index (χ2v) is 59.0. The van der Waals surface area contributed by atoms with E-state index in [9.17, 15) is 30.6 Å². The molecule has 18 nitrogen and oxygen atoms in total. The molecule has 10 rings (SSSR count). The van der Waals surface area contributed by atoms with Crippen LogP contribution in [0.25, 0.3) is 32.3 Å². The second-order valence-electron chi connectivity index (χ2n) is 59.0. The molecule has 0 fully saturated rings. The highest BCUT2D eigenvalue weighted by molar-refractivity contribution is 6.27. The molecule has 0 heterocycles. The van der Waals surface area contributed by atoms with E-state index in [1.165, 1.54) is 77.9 Å². The predicted molar refractivity (Wildman–Crippen MR) is 609 cm³/mol. The van der Waals surface area contributed by atoms with Crippen molar-refractivity contribution in [3.63, 3.8) is 0 Å². The Hall–Kier alpha value is -11.4. The highest BCUT2D eigenvalue weighted by atomic mass is 16.6. The van der Waals surface area contributed by atoms with Crippen molar-refractivity contribution in [2.75, 3.05) is 0 Å². The maximum atomic E-state index is 16.1. The third-order valence-corrected chi connectivity index (χ3v) is 27.2. The van der Waals surface area contributed by atoms with E-state index in [1.807, 2.05) is 72.8 Å². The Morgan fingerprint density at radius 3 is 0.347 bits per heavy atom. The van der Waals surface area contributed by atoms with Gasteiger partial charge in [0, 0.05) is 33.4 Å². The van der Waals surface area contributed by atoms with Gasteiger partial charge in [0.05, 0.1) is 0 Å². The maximum absolute atomic E-state index is 16.1. The average Bonchev–Trinajstić information content (AvgIpc) is 0.691. The SMILES string of the molecule is CC(C)(C)Cc1ccc(OC(C)(C(=O)O)c2cc3c4cc(C(C)(Oc5ccc(CC(C)(C)C)cc5CC(C)(C)C)C(=O)O)c(C(C)(Oc5ccc(CC(C)(C)C)cc5CC(C)(C)C)C(=O)O)cc4c4cc(C(C)(Oc5ccc(CC(C)(C)C)cc5CC(C)(C)C)C(=O)O)c(C(C)(Oc5ccc(CC(C)(C)C)cc5CC(C)(C)C)C(=O)O)cc4c3cc2C(C)(Oc2ccc(CC(C)(C)C)cc2CC(C)(C)C)C(=O)O)c(CC(C)(C)C)c1. The minimum absolute atomic E-state index is 0.0359. The van der Waals surface area contributed by atoms with Gasteiger partial charge in [-0.1, -0.05) is 322 Å². The van der Waals surface area contributed by atoms with E-state index in [1.54, 1.807) is 36.4 Å². The summed E-state index contributed by atoms with van der Waals surface area (Å²) in [6.45, 7) is 83.7. The third kappa shape index (κ3) is 30.2. The molecule has 18 heteroatoms. The molecular formula is C132H180O18. The molecule has 0 aliphatic carbocycles. The van der Waals surface area contributed by atoms with Crippen molar-refractivity contribution in [3.8, 4) is 34.5 Å². The van der Waals surface area contributed by atoms with Gasteiger partial charge in [-0.2, -0.15) is 0 Å². The summed E-state index contributed by atoms with van der Waals surface area (Å²) in [5, 5.41) is 78.5. The predicted octanol–water partition coefficient (Wildman–Crippen LogP) is 32.5. The molecule has 6 unspecified atom stereocenters. The number of carboxylic acid groups (broad SMARTS) is 6. The highest BCUT2D eigenvalue weighted by Gasteiger charge is 2.55. The molecular weight excluding hydrogens is 1870 g/mol. The molecule has 6 atom stereocenters. The lowest BCUT2D eigenvalue weighted by atomic mass is 9.75. The zero-order valence-corrected chi connectivity index (χ0v) is 98.9. The van der Waals surface area contributed by atoms with E-state index in [-0.39, 0.29) is 133 Å². The van der Waals surface area contributed by atoms with E-state index in [2.05, 4.69) is 249 Å². The van der Waals surface area contributed by atoms with Crippen LogP contribution in [-0.4, -0.2) is 66.5 Å². The first-order valence-corrected chi connectivity index (χ1v) is 53.6. The van der Waals surface area contributed by atoms with E-state index >= 15 is 28.8 Å². The van der Waals surface area contributed by atoms with Gasteiger partial charge in [-0.25, -0.2) is 28.8 Å². The van der Waals surface area contributed by atoms with Crippen LogP contribution < -0.4 is 28.4 Å². The first-order valence-electron chi connectivity index (χ1n) is 53.6. The number of hydrogen-bond acceptors (Lipinski definition) is 12. The van der Waals surface area contributed by atoms with E-state index in [4.69, 9.17) is 28.4 Å². The van der Waals surface area contributed by atoms with Crippen LogP contribution in [0.15, 0.2) is 146 Å². The number of benzene rings is 10. The maximum Gasteiger partial charge on any atom is 0.352 e. The number of fused-ring (bicyclic) bond motifs is 6. The normalized spacial score (nSPS) is 15.6. The van der Waals surface area contributed by atoms with Gasteiger partial charge in [-0.3, -0.25) is 0 Å². The van der Waals surface area contributed by atoms with Crippen LogP contribution >= 0.6 is 0 Å². The van der Waals surface area contributed by atoms with Gasteiger partial charge in [-0.05, 0) is 355 Å². The van der Waals surface area contributed by atoms with Gasteiger partial charge < -0.3 is 59.1 Å². The first kappa shape index (κ1) is 120. The molecule has 6 N–H and O–H groups in total. The van der Waals surface area contributed by atoms with Crippen molar-refractivity contribution in [2.45, 2.75) is 401 Å². The standard InChI is InChI=1S/C132H180O18/c1-115(2,3)67-79-43-49-103(85(55-79)73-121(19,20)21)145-127(37,109(133)134)97-61-91-92(62-98(97)128(38,110(135)136)146-104-50-44-80(68-116(4,5)6)56-86(104)74-122(22,23)24)94-64-100(130(40,112(139)140)148-106-52-46-82(70-118(10,11)12)58-88(106)76-124(28,29)30)102(132(42,114(143)144)150-108-54-48-84(72-120(16,17)18)60-90(108)78-126(34,35)36)66-96(94)95-65-101(131(41,113(141)142)149-107-53-47-83(71-119(13,14)15)59-89(107)77-125(31,32)33)99(63-93(91)95)129(39,111(137)138)147-105-51-45-81(69-117(7,8)9)57-87(105)75-123(25,26)27/h43-66H,67-78H2,1-42H3,(H,133,134)(H,135,136)(H,137,138)(H,139,140)(H,141,142)(H,143,144). The van der Waals surface area contributed by atoms with Gasteiger partial charge in [0.1, 0.15) is 34.5 Å². The van der Waals surface area contributed by atoms with Crippen LogP contribution in [0.5, 0.6) is 34.5 Å². The van der Waals surface area contributed by atoms with Gasteiger partial charge >= 0.3 is 35.8 Å². The van der Waals surface area contributed by atoms with Crippen molar-refractivity contribution < 1.29 is 87.8 Å². The molecule has 0 radical (unpaired) electrons. The van der Waals surface area contributed by atoms with Gasteiger partial charge in [-0.15, -0.1) is 0 Å². The Balaban J connectivity index is 1.62. The fourth-order valence-corrected chi connectivity index (χ4v) is 21.1. The van der Waals surface area contributed by atoms with Crippen LogP contribution in [0.1, 0.15) is 391 Å². The Morgan fingerprint density at radius 2 is 0.260 bits per heavy atom. The van der Waals surface area contributed by atoms with Crippen LogP contribution in [0.4, 0.5) is 0 Å². The number of rotatable bonds is 36. The zero-order chi connectivity index (χ0) is 113. The minimum Gasteiger partial charge on any atom is -0.478 e. The molecule has 0 saturated carbocycles. The molecule has 10 aromatic carbocycles. The van der Waals surface area contributed by atoms with Crippen molar-refractivity contribution in [1.82, 2.24) is 0 Å². The summed E-state index contributed by atoms with van der Waals surface area (Å²) in [6, 6.07) is 43.2. The summed E-state index contributed by atoms with van der Waals surface area (Å²) in [6.07, 6.45) is 5.88. The molecule has 0 bridgehead atoms. The summed E-state index contributed by atoms with van der Waals surface area (Å²) in [5.74, 6) is -8.66. The number of carboxylic acids is 6. The van der Waals surface area contributed by atoms with E-state index in [0.717, 1.165) is 33.4 Å². The number of carbonyl (C=O) groups is 6. The second kappa shape index (κ2) is 42.2. The molecule has 0 aliphatic rings. The summed E-state index contributed by atoms with van der Waals surface area (Å²) in [4.78, 5) is 96.5. The average molecular weight is 2050 g/mol. The molecule has 0 aromatic heterocycles. The lowest BCUT2D eigenvalue weighted by Gasteiger charge is -2.38. The van der Waals surface area contributed by atoms with Gasteiger partial charge in [0.25, 0.3) is 0 Å². The van der Waals surface area contributed by atoms with E-state index < -0.39 is 102 Å². The zero-order valence-electron chi connectivity index (χ0n) is 98.9. The van der Waals surface area contributed by atoms with Crippen LogP contribution in [0, 0.1) is 65.0 Å². The Kier molecular flexibility index (Phi) is 33.9. The number of ether oxygens (including phenoxy) is 6. The van der Waals surface area contributed by atoms with Gasteiger partial charge in [0.15, 0.2) is 0 Å². The Bertz CT molecular complexity index is 5680. The Labute approximate surface area is 897 Å². The largest absolute Gasteiger partial charge is 0.478 e. The molecule has 0 saturated heterocycles. The molecule has 0 amide bonds. The highest BCUT2D eigenvalue weighted by Crippen LogP contribution is 2.54. The van der Waals surface area contributed by atoms with Crippen LogP contribution in [0.2, 0.25) is 0 Å². The topological polar surface area (TPSA) is 279 Å². The molecule has 0 spiro atoms. The molecule has 0 aliphatic heterocycles. The Morgan fingerprint density at radius 1 is 0.160 bits per heavy atom. The van der Waals surface area contributed by atoms with Crippen molar-refractivity contribution >= 4 is 68.1 Å². The summed E-state index contributed by atoms with van der Waals surface area (Å²) in [7, 11) is 0. The van der Waals surface area contributed by atoms with E-state index in [0.29, 0.717) is 110 Å².